The van der Waals surface area contributed by atoms with Crippen molar-refractivity contribution in [1.82, 2.24) is 0 Å². The van der Waals surface area contributed by atoms with Crippen molar-refractivity contribution in [3.8, 4) is 5.75 Å². The number of carbonyl (C=O) groups is 2. The van der Waals surface area contributed by atoms with Crippen LogP contribution in [-0.2, 0) is 5.41 Å². The Morgan fingerprint density at radius 1 is 0.774 bits per heavy atom. The molecule has 0 atom stereocenters. The lowest BCUT2D eigenvalue weighted by Gasteiger charge is -2.19. The third-order valence-corrected chi connectivity index (χ3v) is 5.05. The Morgan fingerprint density at radius 3 is 1.84 bits per heavy atom. The van der Waals surface area contributed by atoms with Crippen molar-refractivity contribution in [2.24, 2.45) is 0 Å². The van der Waals surface area contributed by atoms with Crippen molar-refractivity contribution >= 4 is 23.2 Å². The minimum atomic E-state index is -0.230. The summed E-state index contributed by atoms with van der Waals surface area (Å²) in [7, 11) is 1.60. The van der Waals surface area contributed by atoms with Gasteiger partial charge < -0.3 is 15.4 Å². The predicted octanol–water partition coefficient (Wildman–Crippen LogP) is 5.81. The fourth-order valence-electron chi connectivity index (χ4n) is 3.22. The van der Waals surface area contributed by atoms with E-state index in [2.05, 4.69) is 31.4 Å². The number of amides is 2. The molecule has 2 amide bonds. The average Bonchev–Trinajstić information content (AvgIpc) is 2.73. The Balaban J connectivity index is 1.69. The Hall–Kier alpha value is -3.60. The van der Waals surface area contributed by atoms with Gasteiger partial charge in [0.25, 0.3) is 11.8 Å². The molecule has 0 saturated heterocycles. The third kappa shape index (κ3) is 5.51. The second kappa shape index (κ2) is 9.04. The molecule has 0 unspecified atom stereocenters. The number of ether oxygens (including phenoxy) is 1. The van der Waals surface area contributed by atoms with E-state index in [1.165, 1.54) is 5.56 Å². The van der Waals surface area contributed by atoms with Crippen LogP contribution in [0.2, 0.25) is 0 Å². The molecule has 0 bridgehead atoms. The Bertz CT molecular complexity index is 1100. The van der Waals surface area contributed by atoms with Crippen LogP contribution in [-0.4, -0.2) is 18.9 Å². The van der Waals surface area contributed by atoms with Gasteiger partial charge in [-0.3, -0.25) is 9.59 Å². The average molecular weight is 417 g/mol. The lowest BCUT2D eigenvalue weighted by atomic mass is 9.87. The molecular formula is C26H28N2O3. The molecule has 0 fully saturated rings. The molecule has 3 rings (SSSR count). The fraction of sp³-hybridized carbons (Fsp3) is 0.231. The van der Waals surface area contributed by atoms with Crippen LogP contribution in [0.15, 0.2) is 66.7 Å². The van der Waals surface area contributed by atoms with Crippen LogP contribution in [0.3, 0.4) is 0 Å². The van der Waals surface area contributed by atoms with Crippen LogP contribution >= 0.6 is 0 Å². The van der Waals surface area contributed by atoms with Crippen LogP contribution in [0.4, 0.5) is 11.4 Å². The number of carbonyl (C=O) groups excluding carboxylic acids is 2. The molecule has 5 heteroatoms. The molecule has 3 aromatic rings. The Morgan fingerprint density at radius 2 is 1.32 bits per heavy atom. The maximum absolute atomic E-state index is 12.6. The number of nitrogens with one attached hydrogen (secondary N) is 2. The van der Waals surface area contributed by atoms with Crippen molar-refractivity contribution < 1.29 is 14.3 Å². The topological polar surface area (TPSA) is 67.4 Å². The van der Waals surface area contributed by atoms with E-state index in [9.17, 15) is 9.59 Å². The van der Waals surface area contributed by atoms with Gasteiger partial charge in [0.2, 0.25) is 0 Å². The SMILES string of the molecule is COc1ccc(C(=O)Nc2cccc(NC(=O)c3ccc(C(C)(C)C)cc3)c2)cc1C. The number of hydrogen-bond donors (Lipinski definition) is 2. The smallest absolute Gasteiger partial charge is 0.255 e. The van der Waals surface area contributed by atoms with Crippen molar-refractivity contribution in [1.29, 1.82) is 0 Å². The quantitative estimate of drug-likeness (QED) is 0.552. The number of rotatable bonds is 5. The maximum Gasteiger partial charge on any atom is 0.255 e. The summed E-state index contributed by atoms with van der Waals surface area (Å²) >= 11 is 0. The van der Waals surface area contributed by atoms with Gasteiger partial charge >= 0.3 is 0 Å². The van der Waals surface area contributed by atoms with Crippen LogP contribution < -0.4 is 15.4 Å². The molecule has 0 aliphatic carbocycles. The monoisotopic (exact) mass is 416 g/mol. The molecule has 0 aliphatic heterocycles. The van der Waals surface area contributed by atoms with Crippen LogP contribution in [0, 0.1) is 6.92 Å². The Kier molecular flexibility index (Phi) is 6.44. The zero-order chi connectivity index (χ0) is 22.6. The molecular weight excluding hydrogens is 388 g/mol. The number of anilines is 2. The summed E-state index contributed by atoms with van der Waals surface area (Å²) < 4.78 is 5.24. The first kappa shape index (κ1) is 22.1. The highest BCUT2D eigenvalue weighted by Gasteiger charge is 2.15. The summed E-state index contributed by atoms with van der Waals surface area (Å²) in [5.74, 6) is 0.304. The van der Waals surface area contributed by atoms with E-state index in [1.807, 2.05) is 31.2 Å². The summed E-state index contributed by atoms with van der Waals surface area (Å²) in [5.41, 5.74) is 4.40. The van der Waals surface area contributed by atoms with Gasteiger partial charge in [0.15, 0.2) is 0 Å². The van der Waals surface area contributed by atoms with Gasteiger partial charge in [-0.2, -0.15) is 0 Å². The van der Waals surface area contributed by atoms with E-state index < -0.39 is 0 Å². The van der Waals surface area contributed by atoms with Gasteiger partial charge in [-0.15, -0.1) is 0 Å². The lowest BCUT2D eigenvalue weighted by Crippen LogP contribution is -2.15. The zero-order valence-corrected chi connectivity index (χ0v) is 18.6. The summed E-state index contributed by atoms with van der Waals surface area (Å²) in [6.07, 6.45) is 0. The summed E-state index contributed by atoms with van der Waals surface area (Å²) in [6, 6.07) is 20.0. The minimum Gasteiger partial charge on any atom is -0.496 e. The number of methoxy groups -OCH3 is 1. The van der Waals surface area contributed by atoms with E-state index >= 15 is 0 Å². The normalized spacial score (nSPS) is 11.0. The summed E-state index contributed by atoms with van der Waals surface area (Å²) in [5, 5.41) is 5.76. The number of benzene rings is 3. The van der Waals surface area contributed by atoms with Gasteiger partial charge in [0.05, 0.1) is 7.11 Å². The molecule has 0 spiro atoms. The van der Waals surface area contributed by atoms with Gasteiger partial charge in [-0.25, -0.2) is 0 Å². The maximum atomic E-state index is 12.6. The zero-order valence-electron chi connectivity index (χ0n) is 18.6. The van der Waals surface area contributed by atoms with E-state index in [1.54, 1.807) is 49.6 Å². The molecule has 160 valence electrons. The van der Waals surface area contributed by atoms with Crippen molar-refractivity contribution in [2.45, 2.75) is 33.1 Å². The van der Waals surface area contributed by atoms with E-state index in [4.69, 9.17) is 4.74 Å². The van der Waals surface area contributed by atoms with Crippen LogP contribution in [0.25, 0.3) is 0 Å². The van der Waals surface area contributed by atoms with E-state index in [-0.39, 0.29) is 17.2 Å². The summed E-state index contributed by atoms with van der Waals surface area (Å²) in [6.45, 7) is 8.29. The largest absolute Gasteiger partial charge is 0.496 e. The van der Waals surface area contributed by atoms with Crippen LogP contribution in [0.5, 0.6) is 5.75 Å². The molecule has 0 radical (unpaired) electrons. The molecule has 0 aliphatic rings. The second-order valence-electron chi connectivity index (χ2n) is 8.50. The highest BCUT2D eigenvalue weighted by molar-refractivity contribution is 6.06. The number of hydrogen-bond acceptors (Lipinski definition) is 3. The van der Waals surface area contributed by atoms with Crippen molar-refractivity contribution in [2.75, 3.05) is 17.7 Å². The molecule has 31 heavy (non-hydrogen) atoms. The molecule has 2 N–H and O–H groups in total. The van der Waals surface area contributed by atoms with Gasteiger partial charge in [-0.05, 0) is 72.0 Å². The van der Waals surface area contributed by atoms with Gasteiger partial charge in [0, 0.05) is 22.5 Å². The Labute approximate surface area is 183 Å². The lowest BCUT2D eigenvalue weighted by molar-refractivity contribution is 0.101. The van der Waals surface area contributed by atoms with Crippen molar-refractivity contribution in [3.63, 3.8) is 0 Å². The van der Waals surface area contributed by atoms with Crippen LogP contribution in [0.1, 0.15) is 52.6 Å². The highest BCUT2D eigenvalue weighted by atomic mass is 16.5. The minimum absolute atomic E-state index is 0.0317. The predicted molar refractivity (Wildman–Crippen MR) is 125 cm³/mol. The molecule has 0 aromatic heterocycles. The standard InChI is InChI=1S/C26H28N2O3/c1-17-15-19(11-14-23(17)31-5)25(30)28-22-8-6-7-21(16-22)27-24(29)18-9-12-20(13-10-18)26(2,3)4/h6-16H,1-5H3,(H,27,29)(H,28,30). The second-order valence-corrected chi connectivity index (χ2v) is 8.50. The summed E-state index contributed by atoms with van der Waals surface area (Å²) in [4.78, 5) is 25.2. The van der Waals surface area contributed by atoms with Crippen molar-refractivity contribution in [3.05, 3.63) is 89.0 Å². The first-order chi connectivity index (χ1) is 14.7. The fourth-order valence-corrected chi connectivity index (χ4v) is 3.22. The highest BCUT2D eigenvalue weighted by Crippen LogP contribution is 2.23. The molecule has 0 heterocycles. The molecule has 5 nitrogen and oxygen atoms in total. The van der Waals surface area contributed by atoms with Gasteiger partial charge in [0.1, 0.15) is 5.75 Å². The van der Waals surface area contributed by atoms with E-state index in [0.29, 0.717) is 22.5 Å². The number of aryl methyl sites for hydroxylation is 1. The molecule has 3 aromatic carbocycles. The first-order valence-electron chi connectivity index (χ1n) is 10.2. The molecule has 0 saturated carbocycles. The third-order valence-electron chi connectivity index (χ3n) is 5.05. The van der Waals surface area contributed by atoms with Gasteiger partial charge in [-0.1, -0.05) is 39.0 Å². The first-order valence-corrected chi connectivity index (χ1v) is 10.2. The van der Waals surface area contributed by atoms with E-state index in [0.717, 1.165) is 11.3 Å².